The molecular formula is C18H27ClN2O3. The third-order valence-electron chi connectivity index (χ3n) is 4.67. The lowest BCUT2D eigenvalue weighted by molar-refractivity contribution is -0.132. The van der Waals surface area contributed by atoms with Gasteiger partial charge in [-0.2, -0.15) is 0 Å². The Morgan fingerprint density at radius 1 is 1.33 bits per heavy atom. The lowest BCUT2D eigenvalue weighted by Gasteiger charge is -2.20. The molecule has 2 fully saturated rings. The van der Waals surface area contributed by atoms with Gasteiger partial charge in [0.25, 0.3) is 0 Å². The zero-order valence-corrected chi connectivity index (χ0v) is 14.7. The van der Waals surface area contributed by atoms with Crippen molar-refractivity contribution in [2.75, 3.05) is 26.2 Å². The van der Waals surface area contributed by atoms with Crippen LogP contribution in [0.25, 0.3) is 0 Å². The molecule has 2 heterocycles. The Bertz CT molecular complexity index is 514. The van der Waals surface area contributed by atoms with Crippen molar-refractivity contribution >= 4 is 18.3 Å². The van der Waals surface area contributed by atoms with Crippen LogP contribution < -0.4 is 5.32 Å². The van der Waals surface area contributed by atoms with Crippen LogP contribution in [0, 0.1) is 0 Å². The third kappa shape index (κ3) is 5.18. The number of carbonyl (C=O) groups is 1. The minimum Gasteiger partial charge on any atom is -0.392 e. The first-order chi connectivity index (χ1) is 11.2. The molecule has 2 aliphatic rings. The number of hydrogen-bond acceptors (Lipinski definition) is 4. The minimum absolute atomic E-state index is 0. The summed E-state index contributed by atoms with van der Waals surface area (Å²) in [5, 5.41) is 12.6. The zero-order valence-electron chi connectivity index (χ0n) is 13.9. The number of carbonyl (C=O) groups excluding carboxylic acids is 1. The van der Waals surface area contributed by atoms with Gasteiger partial charge in [0.2, 0.25) is 5.91 Å². The lowest BCUT2D eigenvalue weighted by atomic mass is 10.1. The number of β-amino-alcohol motifs (C(OH)–C–C–N with tert-alkyl or cyclic N) is 1. The first-order valence-electron chi connectivity index (χ1n) is 8.58. The molecule has 24 heavy (non-hydrogen) atoms. The van der Waals surface area contributed by atoms with Crippen LogP contribution in [0.1, 0.15) is 24.8 Å². The number of aryl methyl sites for hydroxylation is 1. The molecule has 2 aliphatic heterocycles. The number of likely N-dealkylation sites (tertiary alicyclic amines) is 1. The van der Waals surface area contributed by atoms with Crippen molar-refractivity contribution in [1.29, 1.82) is 0 Å². The highest BCUT2D eigenvalue weighted by atomic mass is 35.5. The number of hydrogen-bond donors (Lipinski definition) is 2. The highest BCUT2D eigenvalue weighted by molar-refractivity contribution is 5.85. The predicted molar refractivity (Wildman–Crippen MR) is 95.4 cm³/mol. The van der Waals surface area contributed by atoms with Crippen molar-refractivity contribution in [2.45, 2.75) is 43.9 Å². The van der Waals surface area contributed by atoms with E-state index in [-0.39, 0.29) is 30.5 Å². The second-order valence-corrected chi connectivity index (χ2v) is 6.51. The average molecular weight is 355 g/mol. The van der Waals surface area contributed by atoms with Gasteiger partial charge in [-0.1, -0.05) is 30.3 Å². The summed E-state index contributed by atoms with van der Waals surface area (Å²) in [6.07, 6.45) is 3.23. The van der Waals surface area contributed by atoms with Crippen molar-refractivity contribution in [1.82, 2.24) is 10.2 Å². The molecule has 3 rings (SSSR count). The number of aliphatic hydroxyl groups excluding tert-OH is 1. The predicted octanol–water partition coefficient (Wildman–Crippen LogP) is 1.38. The monoisotopic (exact) mass is 354 g/mol. The summed E-state index contributed by atoms with van der Waals surface area (Å²) in [5.74, 6) is 0.108. The van der Waals surface area contributed by atoms with Crippen molar-refractivity contribution in [3.63, 3.8) is 0 Å². The van der Waals surface area contributed by atoms with E-state index in [9.17, 15) is 9.90 Å². The second-order valence-electron chi connectivity index (χ2n) is 6.51. The summed E-state index contributed by atoms with van der Waals surface area (Å²) in [6.45, 7) is 2.69. The Balaban J connectivity index is 0.00000208. The van der Waals surface area contributed by atoms with Crippen LogP contribution in [-0.4, -0.2) is 60.4 Å². The molecule has 0 bridgehead atoms. The van der Waals surface area contributed by atoms with Gasteiger partial charge >= 0.3 is 0 Å². The largest absolute Gasteiger partial charge is 0.392 e. The first kappa shape index (κ1) is 19.2. The highest BCUT2D eigenvalue weighted by Crippen LogP contribution is 2.17. The summed E-state index contributed by atoms with van der Waals surface area (Å²) >= 11 is 0. The van der Waals surface area contributed by atoms with Crippen molar-refractivity contribution in [3.05, 3.63) is 35.9 Å². The molecular weight excluding hydrogens is 328 g/mol. The van der Waals surface area contributed by atoms with Gasteiger partial charge in [0, 0.05) is 26.2 Å². The summed E-state index contributed by atoms with van der Waals surface area (Å²) in [5.41, 5.74) is 1.34. The molecule has 134 valence electrons. The number of halogens is 1. The summed E-state index contributed by atoms with van der Waals surface area (Å²) in [7, 11) is 0. The Hall–Kier alpha value is -1.14. The van der Waals surface area contributed by atoms with E-state index in [0.29, 0.717) is 19.5 Å². The van der Waals surface area contributed by atoms with Crippen LogP contribution in [0.15, 0.2) is 30.3 Å². The number of nitrogens with one attached hydrogen (secondary N) is 1. The molecule has 3 atom stereocenters. The van der Waals surface area contributed by atoms with E-state index in [1.165, 1.54) is 5.56 Å². The molecule has 1 aromatic carbocycles. The first-order valence-corrected chi connectivity index (χ1v) is 8.58. The van der Waals surface area contributed by atoms with E-state index in [1.54, 1.807) is 0 Å². The number of ether oxygens (including phenoxy) is 1. The van der Waals surface area contributed by atoms with Crippen LogP contribution in [0.4, 0.5) is 0 Å². The summed E-state index contributed by atoms with van der Waals surface area (Å²) in [4.78, 5) is 14.2. The molecule has 1 amide bonds. The maximum atomic E-state index is 12.4. The fourth-order valence-corrected chi connectivity index (χ4v) is 3.36. The average Bonchev–Trinajstić information content (AvgIpc) is 3.21. The van der Waals surface area contributed by atoms with Gasteiger partial charge in [0.15, 0.2) is 0 Å². The Morgan fingerprint density at radius 3 is 2.83 bits per heavy atom. The van der Waals surface area contributed by atoms with E-state index < -0.39 is 6.10 Å². The number of aliphatic hydroxyl groups is 1. The molecule has 5 nitrogen and oxygen atoms in total. The number of benzene rings is 1. The molecule has 1 aromatic rings. The maximum Gasteiger partial charge on any atom is 0.239 e. The van der Waals surface area contributed by atoms with Crippen molar-refractivity contribution in [2.24, 2.45) is 0 Å². The van der Waals surface area contributed by atoms with Gasteiger partial charge < -0.3 is 20.1 Å². The highest BCUT2D eigenvalue weighted by Gasteiger charge is 2.34. The van der Waals surface area contributed by atoms with E-state index in [1.807, 2.05) is 11.0 Å². The fraction of sp³-hybridized carbons (Fsp3) is 0.611. The van der Waals surface area contributed by atoms with Crippen LogP contribution in [0.3, 0.4) is 0 Å². The van der Waals surface area contributed by atoms with Crippen molar-refractivity contribution < 1.29 is 14.6 Å². The number of nitrogens with zero attached hydrogens (tertiary/aromatic N) is 1. The molecule has 2 N–H and O–H groups in total. The van der Waals surface area contributed by atoms with Crippen LogP contribution in [0.5, 0.6) is 0 Å². The second kappa shape index (κ2) is 9.37. The van der Waals surface area contributed by atoms with Crippen molar-refractivity contribution in [3.8, 4) is 0 Å². The standard InChI is InChI=1S/C18H26N2O3.ClH/c21-15-11-17(19-12-15)18(22)20-9-8-16(13-20)23-10-4-7-14-5-2-1-3-6-14;/h1-3,5-6,15-17,19,21H,4,7-13H2;1H. The van der Waals surface area contributed by atoms with E-state index in [0.717, 1.165) is 32.4 Å². The maximum absolute atomic E-state index is 12.4. The van der Waals surface area contributed by atoms with Gasteiger partial charge in [0.1, 0.15) is 0 Å². The Labute approximate surface area is 149 Å². The van der Waals surface area contributed by atoms with E-state index in [4.69, 9.17) is 4.74 Å². The van der Waals surface area contributed by atoms with Gasteiger partial charge in [-0.25, -0.2) is 0 Å². The molecule has 0 aromatic heterocycles. The Morgan fingerprint density at radius 2 is 2.12 bits per heavy atom. The molecule has 0 radical (unpaired) electrons. The SMILES string of the molecule is Cl.O=C(C1CC(O)CN1)N1CCC(OCCCc2ccccc2)C1. The van der Waals surface area contributed by atoms with E-state index in [2.05, 4.69) is 29.6 Å². The number of amides is 1. The molecule has 0 aliphatic carbocycles. The lowest BCUT2D eigenvalue weighted by Crippen LogP contribution is -2.42. The normalized spacial score (nSPS) is 26.4. The molecule has 3 unspecified atom stereocenters. The fourth-order valence-electron chi connectivity index (χ4n) is 3.36. The smallest absolute Gasteiger partial charge is 0.239 e. The molecule has 0 saturated carbocycles. The van der Waals surface area contributed by atoms with Gasteiger partial charge in [-0.15, -0.1) is 12.4 Å². The Kier molecular flexibility index (Phi) is 7.49. The summed E-state index contributed by atoms with van der Waals surface area (Å²) < 4.78 is 5.93. The van der Waals surface area contributed by atoms with Gasteiger partial charge in [-0.3, -0.25) is 4.79 Å². The topological polar surface area (TPSA) is 61.8 Å². The minimum atomic E-state index is -0.392. The van der Waals surface area contributed by atoms with Gasteiger partial charge in [-0.05, 0) is 31.2 Å². The molecule has 2 saturated heterocycles. The third-order valence-corrected chi connectivity index (χ3v) is 4.67. The van der Waals surface area contributed by atoms with Crippen LogP contribution >= 0.6 is 12.4 Å². The molecule has 6 heteroatoms. The molecule has 0 spiro atoms. The summed E-state index contributed by atoms with van der Waals surface area (Å²) in [6, 6.07) is 10.2. The van der Waals surface area contributed by atoms with Crippen LogP contribution in [0.2, 0.25) is 0 Å². The van der Waals surface area contributed by atoms with Crippen LogP contribution in [-0.2, 0) is 16.0 Å². The van der Waals surface area contributed by atoms with E-state index >= 15 is 0 Å². The van der Waals surface area contributed by atoms with Gasteiger partial charge in [0.05, 0.1) is 18.2 Å². The quantitative estimate of drug-likeness (QED) is 0.758. The zero-order chi connectivity index (χ0) is 16.1. The number of rotatable bonds is 6.